The molecule has 1 fully saturated rings. The minimum absolute atomic E-state index is 0.460. The highest BCUT2D eigenvalue weighted by molar-refractivity contribution is 7.85. The first-order chi connectivity index (χ1) is 6.77. The molecule has 2 nitrogen and oxygen atoms in total. The summed E-state index contributed by atoms with van der Waals surface area (Å²) in [5, 5.41) is 3.77. The van der Waals surface area contributed by atoms with Crippen molar-refractivity contribution in [3.8, 4) is 0 Å². The quantitative estimate of drug-likeness (QED) is 0.738. The van der Waals surface area contributed by atoms with E-state index in [2.05, 4.69) is 12.2 Å². The van der Waals surface area contributed by atoms with Crippen molar-refractivity contribution >= 4 is 10.8 Å². The average molecular weight is 217 g/mol. The Balaban J connectivity index is 2.29. The Morgan fingerprint density at radius 3 is 2.57 bits per heavy atom. The molecule has 1 rings (SSSR count). The van der Waals surface area contributed by atoms with E-state index in [-0.39, 0.29) is 0 Å². The lowest BCUT2D eigenvalue weighted by Crippen LogP contribution is -2.33. The summed E-state index contributed by atoms with van der Waals surface area (Å²) < 4.78 is 12.0. The molecule has 0 heterocycles. The van der Waals surface area contributed by atoms with Gasteiger partial charge in [-0.15, -0.1) is 0 Å². The Bertz CT molecular complexity index is 178. The molecule has 0 bridgehead atoms. The number of hydrogen-bond donors (Lipinski definition) is 1. The summed E-state index contributed by atoms with van der Waals surface area (Å²) in [6, 6.07) is 0.460. The van der Waals surface area contributed by atoms with Crippen LogP contribution < -0.4 is 5.32 Å². The Kier molecular flexibility index (Phi) is 5.71. The monoisotopic (exact) mass is 217 g/mol. The summed E-state index contributed by atoms with van der Waals surface area (Å²) >= 11 is 0. The number of rotatable bonds is 6. The van der Waals surface area contributed by atoms with Crippen LogP contribution in [0.3, 0.4) is 0 Å². The van der Waals surface area contributed by atoms with Gasteiger partial charge in [-0.2, -0.15) is 0 Å². The SMILES string of the molecule is CCCC(CS(=O)C1CCCC1)NC. The zero-order valence-electron chi connectivity index (χ0n) is 9.42. The molecule has 0 aromatic heterocycles. The van der Waals surface area contributed by atoms with E-state index in [1.807, 2.05) is 7.05 Å². The lowest BCUT2D eigenvalue weighted by atomic mass is 10.2. The standard InChI is InChI=1S/C11H23NOS/c1-3-6-10(12-2)9-14(13)11-7-4-5-8-11/h10-12H,3-9H2,1-2H3. The summed E-state index contributed by atoms with van der Waals surface area (Å²) in [7, 11) is 1.39. The Labute approximate surface area is 90.3 Å². The first-order valence-corrected chi connectivity index (χ1v) is 7.20. The minimum Gasteiger partial charge on any atom is -0.316 e. The van der Waals surface area contributed by atoms with Gasteiger partial charge in [0.15, 0.2) is 0 Å². The molecule has 3 heteroatoms. The zero-order valence-corrected chi connectivity index (χ0v) is 10.2. The summed E-state index contributed by atoms with van der Waals surface area (Å²) in [5.41, 5.74) is 0. The van der Waals surface area contributed by atoms with Crippen molar-refractivity contribution in [3.05, 3.63) is 0 Å². The van der Waals surface area contributed by atoms with Gasteiger partial charge in [-0.05, 0) is 26.3 Å². The molecule has 0 aromatic rings. The molecule has 1 aliphatic rings. The molecule has 2 unspecified atom stereocenters. The molecule has 2 atom stereocenters. The second kappa shape index (κ2) is 6.57. The van der Waals surface area contributed by atoms with E-state index >= 15 is 0 Å². The maximum Gasteiger partial charge on any atom is 0.0391 e. The third kappa shape index (κ3) is 3.70. The summed E-state index contributed by atoms with van der Waals surface area (Å²) in [6.45, 7) is 2.18. The van der Waals surface area contributed by atoms with Crippen molar-refractivity contribution in [1.82, 2.24) is 5.32 Å². The van der Waals surface area contributed by atoms with E-state index in [1.54, 1.807) is 0 Å². The van der Waals surface area contributed by atoms with Gasteiger partial charge in [-0.25, -0.2) is 0 Å². The molecule has 1 N–H and O–H groups in total. The van der Waals surface area contributed by atoms with Crippen molar-refractivity contribution in [1.29, 1.82) is 0 Å². The fraction of sp³-hybridized carbons (Fsp3) is 1.00. The van der Waals surface area contributed by atoms with E-state index in [1.165, 1.54) is 32.1 Å². The van der Waals surface area contributed by atoms with Crippen LogP contribution in [0.2, 0.25) is 0 Å². The van der Waals surface area contributed by atoms with E-state index < -0.39 is 10.8 Å². The van der Waals surface area contributed by atoms with Crippen LogP contribution in [0.1, 0.15) is 45.4 Å². The predicted octanol–water partition coefficient (Wildman–Crippen LogP) is 2.07. The van der Waals surface area contributed by atoms with Crippen LogP contribution in [0.5, 0.6) is 0 Å². The highest BCUT2D eigenvalue weighted by Crippen LogP contribution is 2.23. The second-order valence-electron chi connectivity index (χ2n) is 4.23. The number of hydrogen-bond acceptors (Lipinski definition) is 2. The van der Waals surface area contributed by atoms with Crippen molar-refractivity contribution in [2.24, 2.45) is 0 Å². The highest BCUT2D eigenvalue weighted by atomic mass is 32.2. The van der Waals surface area contributed by atoms with Crippen LogP contribution in [0, 0.1) is 0 Å². The predicted molar refractivity (Wildman–Crippen MR) is 63.0 cm³/mol. The molecule has 0 amide bonds. The molecule has 84 valence electrons. The van der Waals surface area contributed by atoms with Gasteiger partial charge < -0.3 is 5.32 Å². The first-order valence-electron chi connectivity index (χ1n) is 5.82. The molecule has 1 saturated carbocycles. The molecular formula is C11H23NOS. The van der Waals surface area contributed by atoms with Crippen LogP contribution >= 0.6 is 0 Å². The van der Waals surface area contributed by atoms with Gasteiger partial charge in [-0.3, -0.25) is 4.21 Å². The zero-order chi connectivity index (χ0) is 10.4. The average Bonchev–Trinajstić information content (AvgIpc) is 2.69. The van der Waals surface area contributed by atoms with Gasteiger partial charge in [-0.1, -0.05) is 26.2 Å². The largest absolute Gasteiger partial charge is 0.316 e. The maximum atomic E-state index is 12.0. The molecule has 0 spiro atoms. The second-order valence-corrected chi connectivity index (χ2v) is 5.99. The fourth-order valence-electron chi connectivity index (χ4n) is 2.15. The van der Waals surface area contributed by atoms with Gasteiger partial charge in [0.1, 0.15) is 0 Å². The smallest absolute Gasteiger partial charge is 0.0391 e. The van der Waals surface area contributed by atoms with E-state index in [4.69, 9.17) is 0 Å². The van der Waals surface area contributed by atoms with Crippen molar-refractivity contribution in [2.75, 3.05) is 12.8 Å². The van der Waals surface area contributed by atoms with Crippen molar-refractivity contribution in [3.63, 3.8) is 0 Å². The fourth-order valence-corrected chi connectivity index (χ4v) is 4.01. The normalized spacial score (nSPS) is 22.4. The van der Waals surface area contributed by atoms with Gasteiger partial charge in [0, 0.05) is 27.8 Å². The van der Waals surface area contributed by atoms with Crippen molar-refractivity contribution < 1.29 is 4.21 Å². The first kappa shape index (κ1) is 12.2. The van der Waals surface area contributed by atoms with Gasteiger partial charge >= 0.3 is 0 Å². The van der Waals surface area contributed by atoms with Crippen LogP contribution in [-0.2, 0) is 10.8 Å². The van der Waals surface area contributed by atoms with E-state index in [9.17, 15) is 4.21 Å². The highest BCUT2D eigenvalue weighted by Gasteiger charge is 2.22. The Hall–Kier alpha value is 0.110. The molecule has 0 aliphatic heterocycles. The molecular weight excluding hydrogens is 194 g/mol. The Morgan fingerprint density at radius 2 is 2.07 bits per heavy atom. The lowest BCUT2D eigenvalue weighted by Gasteiger charge is -2.17. The molecule has 0 saturated heterocycles. The van der Waals surface area contributed by atoms with E-state index in [0.29, 0.717) is 11.3 Å². The minimum atomic E-state index is -0.589. The number of nitrogens with one attached hydrogen (secondary N) is 1. The third-order valence-electron chi connectivity index (χ3n) is 3.08. The van der Waals surface area contributed by atoms with Crippen LogP contribution in [0.25, 0.3) is 0 Å². The van der Waals surface area contributed by atoms with Gasteiger partial charge in [0.2, 0.25) is 0 Å². The molecule has 0 aromatic carbocycles. The summed E-state index contributed by atoms with van der Waals surface area (Å²) in [6.07, 6.45) is 7.27. The topological polar surface area (TPSA) is 29.1 Å². The molecule has 14 heavy (non-hydrogen) atoms. The molecule has 0 radical (unpaired) electrons. The lowest BCUT2D eigenvalue weighted by molar-refractivity contribution is 0.554. The summed E-state index contributed by atoms with van der Waals surface area (Å²) in [5.74, 6) is 0.856. The third-order valence-corrected chi connectivity index (χ3v) is 5.03. The van der Waals surface area contributed by atoms with Crippen LogP contribution in [-0.4, -0.2) is 28.3 Å². The maximum absolute atomic E-state index is 12.0. The van der Waals surface area contributed by atoms with Crippen LogP contribution in [0.4, 0.5) is 0 Å². The molecule has 1 aliphatic carbocycles. The van der Waals surface area contributed by atoms with E-state index in [0.717, 1.165) is 12.2 Å². The van der Waals surface area contributed by atoms with Crippen molar-refractivity contribution in [2.45, 2.75) is 56.7 Å². The summed E-state index contributed by atoms with van der Waals surface area (Å²) in [4.78, 5) is 0. The van der Waals surface area contributed by atoms with Crippen LogP contribution in [0.15, 0.2) is 0 Å². The van der Waals surface area contributed by atoms with Gasteiger partial charge in [0.25, 0.3) is 0 Å². The Morgan fingerprint density at radius 1 is 1.43 bits per heavy atom. The van der Waals surface area contributed by atoms with Gasteiger partial charge in [0.05, 0.1) is 0 Å².